The van der Waals surface area contributed by atoms with E-state index in [-0.39, 0.29) is 18.0 Å². The largest absolute Gasteiger partial charge is 0.459 e. The third-order valence-electron chi connectivity index (χ3n) is 6.79. The first-order chi connectivity index (χ1) is 13.5. The highest BCUT2D eigenvalue weighted by atomic mass is 16.6. The molecule has 2 aliphatic carbocycles. The van der Waals surface area contributed by atoms with Crippen molar-refractivity contribution < 1.29 is 14.3 Å². The number of methoxy groups -OCH3 is 1. The molecule has 0 radical (unpaired) electrons. The second kappa shape index (κ2) is 7.36. The molecule has 4 atom stereocenters. The Morgan fingerprint density at radius 2 is 1.96 bits per heavy atom. The molecule has 3 nitrogen and oxygen atoms in total. The maximum absolute atomic E-state index is 13.6. The maximum Gasteiger partial charge on any atom is 0.343 e. The molecule has 3 heteroatoms. The van der Waals surface area contributed by atoms with Crippen molar-refractivity contribution in [2.24, 2.45) is 11.8 Å². The first kappa shape index (κ1) is 19.2. The van der Waals surface area contributed by atoms with Crippen molar-refractivity contribution >= 4 is 16.7 Å². The molecule has 0 bridgehead atoms. The number of carbonyl (C=O) groups is 1. The Balaban J connectivity index is 1.71. The zero-order valence-electron chi connectivity index (χ0n) is 17.2. The van der Waals surface area contributed by atoms with Crippen LogP contribution in [-0.4, -0.2) is 19.2 Å². The van der Waals surface area contributed by atoms with Crippen LogP contribution in [-0.2, 0) is 26.3 Å². The van der Waals surface area contributed by atoms with Crippen molar-refractivity contribution in [2.45, 2.75) is 57.7 Å². The van der Waals surface area contributed by atoms with Crippen LogP contribution in [0.3, 0.4) is 0 Å². The van der Waals surface area contributed by atoms with E-state index in [9.17, 15) is 4.79 Å². The molecule has 2 aromatic carbocycles. The van der Waals surface area contributed by atoms with Crippen molar-refractivity contribution in [3.8, 4) is 0 Å². The van der Waals surface area contributed by atoms with Gasteiger partial charge in [0.05, 0.1) is 0 Å². The number of ether oxygens (including phenoxy) is 2. The summed E-state index contributed by atoms with van der Waals surface area (Å²) in [6.07, 6.45) is 4.44. The van der Waals surface area contributed by atoms with E-state index in [4.69, 9.17) is 9.47 Å². The molecular weight excluding hydrogens is 348 g/mol. The van der Waals surface area contributed by atoms with Crippen molar-refractivity contribution in [2.75, 3.05) is 7.11 Å². The molecule has 0 spiro atoms. The molecule has 0 aromatic heterocycles. The van der Waals surface area contributed by atoms with Crippen molar-refractivity contribution in [3.05, 3.63) is 59.7 Å². The zero-order chi connectivity index (χ0) is 19.9. The Bertz CT molecular complexity index is 915. The van der Waals surface area contributed by atoms with E-state index in [1.807, 2.05) is 19.1 Å². The monoisotopic (exact) mass is 378 g/mol. The van der Waals surface area contributed by atoms with E-state index in [0.717, 1.165) is 47.6 Å². The first-order valence-corrected chi connectivity index (χ1v) is 10.4. The zero-order valence-corrected chi connectivity index (χ0v) is 17.2. The molecule has 1 saturated carbocycles. The summed E-state index contributed by atoms with van der Waals surface area (Å²) in [6.45, 7) is 8.43. The third-order valence-corrected chi connectivity index (χ3v) is 6.79. The number of esters is 1. The van der Waals surface area contributed by atoms with E-state index >= 15 is 0 Å². The summed E-state index contributed by atoms with van der Waals surface area (Å²) in [7, 11) is 1.64. The predicted octanol–water partition coefficient (Wildman–Crippen LogP) is 5.55. The van der Waals surface area contributed by atoms with Gasteiger partial charge in [-0.1, -0.05) is 55.5 Å². The molecule has 2 aromatic rings. The van der Waals surface area contributed by atoms with Gasteiger partial charge in [0.25, 0.3) is 0 Å². The molecule has 0 amide bonds. The summed E-state index contributed by atoms with van der Waals surface area (Å²) in [5.74, 6) is 0.557. The van der Waals surface area contributed by atoms with Gasteiger partial charge in [-0.3, -0.25) is 0 Å². The number of hydrogen-bond acceptors (Lipinski definition) is 3. The van der Waals surface area contributed by atoms with Crippen LogP contribution in [0.15, 0.2) is 48.6 Å². The maximum atomic E-state index is 13.6. The smallest absolute Gasteiger partial charge is 0.343 e. The van der Waals surface area contributed by atoms with Gasteiger partial charge in [0, 0.05) is 18.6 Å². The highest BCUT2D eigenvalue weighted by Gasteiger charge is 2.49. The van der Waals surface area contributed by atoms with E-state index in [0.29, 0.717) is 12.3 Å². The lowest BCUT2D eigenvalue weighted by Gasteiger charge is -2.37. The summed E-state index contributed by atoms with van der Waals surface area (Å²) in [5.41, 5.74) is 2.27. The SMILES string of the molecule is C=C(C)[C@@H]1CC[C@@H](C)C[C@H]1OC(=O)[C@@]1(OC)CCc2ccc3ccccc3c21. The number of fused-ring (bicyclic) bond motifs is 3. The van der Waals surface area contributed by atoms with Crippen LogP contribution in [0.1, 0.15) is 50.7 Å². The summed E-state index contributed by atoms with van der Waals surface area (Å²) in [6, 6.07) is 12.5. The Labute approximate surface area is 167 Å². The minimum absolute atomic E-state index is 0.111. The van der Waals surface area contributed by atoms with Gasteiger partial charge < -0.3 is 9.47 Å². The number of carbonyl (C=O) groups excluding carboxylic acids is 1. The van der Waals surface area contributed by atoms with E-state index in [1.165, 1.54) is 5.56 Å². The van der Waals surface area contributed by atoms with Crippen LogP contribution in [0.4, 0.5) is 0 Å². The molecule has 1 fully saturated rings. The topological polar surface area (TPSA) is 35.5 Å². The second-order valence-electron chi connectivity index (χ2n) is 8.67. The number of rotatable bonds is 4. The van der Waals surface area contributed by atoms with Gasteiger partial charge in [0.15, 0.2) is 5.60 Å². The molecule has 0 unspecified atom stereocenters. The van der Waals surface area contributed by atoms with Gasteiger partial charge in [-0.05, 0) is 61.3 Å². The molecule has 148 valence electrons. The van der Waals surface area contributed by atoms with Crippen LogP contribution in [0.2, 0.25) is 0 Å². The summed E-state index contributed by atoms with van der Waals surface area (Å²) in [5, 5.41) is 2.22. The molecule has 28 heavy (non-hydrogen) atoms. The first-order valence-electron chi connectivity index (χ1n) is 10.4. The standard InChI is InChI=1S/C25H30O3/c1-16(2)20-12-9-17(3)15-22(20)28-24(26)25(27-4)14-13-19-11-10-18-7-5-6-8-21(18)23(19)25/h5-8,10-11,17,20,22H,1,9,12-15H2,2-4H3/t17-,20+,22-,25-/m1/s1. The van der Waals surface area contributed by atoms with Crippen molar-refractivity contribution in [1.29, 1.82) is 0 Å². The average molecular weight is 379 g/mol. The molecule has 0 aliphatic heterocycles. The summed E-state index contributed by atoms with van der Waals surface area (Å²) < 4.78 is 12.2. The molecule has 0 heterocycles. The van der Waals surface area contributed by atoms with Gasteiger partial charge in [-0.25, -0.2) is 4.79 Å². The van der Waals surface area contributed by atoms with Gasteiger partial charge in [0.1, 0.15) is 6.10 Å². The Morgan fingerprint density at radius 3 is 2.71 bits per heavy atom. The Morgan fingerprint density at radius 1 is 1.18 bits per heavy atom. The minimum Gasteiger partial charge on any atom is -0.459 e. The average Bonchev–Trinajstić information content (AvgIpc) is 3.08. The molecule has 0 saturated heterocycles. The van der Waals surface area contributed by atoms with Crippen LogP contribution in [0.25, 0.3) is 10.8 Å². The second-order valence-corrected chi connectivity index (χ2v) is 8.67. The number of hydrogen-bond donors (Lipinski definition) is 0. The van der Waals surface area contributed by atoms with Crippen LogP contribution < -0.4 is 0 Å². The fraction of sp³-hybridized carbons (Fsp3) is 0.480. The van der Waals surface area contributed by atoms with Gasteiger partial charge in [-0.2, -0.15) is 0 Å². The van der Waals surface area contributed by atoms with Gasteiger partial charge >= 0.3 is 5.97 Å². The van der Waals surface area contributed by atoms with E-state index in [1.54, 1.807) is 7.11 Å². The Kier molecular flexibility index (Phi) is 5.05. The molecule has 4 rings (SSSR count). The lowest BCUT2D eigenvalue weighted by molar-refractivity contribution is -0.180. The van der Waals surface area contributed by atoms with E-state index in [2.05, 4.69) is 37.8 Å². The number of benzene rings is 2. The predicted molar refractivity (Wildman–Crippen MR) is 112 cm³/mol. The number of aryl methyl sites for hydroxylation is 1. The highest BCUT2D eigenvalue weighted by molar-refractivity contribution is 5.95. The Hall–Kier alpha value is -2.13. The minimum atomic E-state index is -1.02. The normalized spacial score (nSPS) is 29.5. The van der Waals surface area contributed by atoms with Crippen molar-refractivity contribution in [1.82, 2.24) is 0 Å². The summed E-state index contributed by atoms with van der Waals surface area (Å²) in [4.78, 5) is 13.6. The van der Waals surface area contributed by atoms with Crippen LogP contribution >= 0.6 is 0 Å². The quantitative estimate of drug-likeness (QED) is 0.517. The van der Waals surface area contributed by atoms with Gasteiger partial charge in [0.2, 0.25) is 0 Å². The van der Waals surface area contributed by atoms with Gasteiger partial charge in [-0.15, -0.1) is 0 Å². The lowest BCUT2D eigenvalue weighted by Crippen LogP contribution is -2.42. The fourth-order valence-corrected chi connectivity index (χ4v) is 5.18. The van der Waals surface area contributed by atoms with E-state index < -0.39 is 5.60 Å². The molecule has 0 N–H and O–H groups in total. The fourth-order valence-electron chi connectivity index (χ4n) is 5.18. The van der Waals surface area contributed by atoms with Crippen LogP contribution in [0.5, 0.6) is 0 Å². The van der Waals surface area contributed by atoms with Crippen LogP contribution in [0, 0.1) is 11.8 Å². The lowest BCUT2D eigenvalue weighted by atomic mass is 9.77. The van der Waals surface area contributed by atoms with Crippen molar-refractivity contribution in [3.63, 3.8) is 0 Å². The molecular formula is C25H30O3. The summed E-state index contributed by atoms with van der Waals surface area (Å²) >= 11 is 0. The highest BCUT2D eigenvalue weighted by Crippen LogP contribution is 2.45. The molecule has 2 aliphatic rings. The third kappa shape index (κ3) is 3.06.